The van der Waals surface area contributed by atoms with E-state index in [0.717, 1.165) is 5.19 Å². The largest absolute Gasteiger partial charge is 0.499 e. The van der Waals surface area contributed by atoms with Gasteiger partial charge in [-0.05, 0) is 13.0 Å². The summed E-state index contributed by atoms with van der Waals surface area (Å²) in [7, 11) is -3.10. The lowest BCUT2D eigenvalue weighted by molar-refractivity contribution is -0.138. The summed E-state index contributed by atoms with van der Waals surface area (Å²) in [6.45, 7) is 3.08. The Morgan fingerprint density at radius 3 is 2.05 bits per heavy atom. The average molecular weight is 281 g/mol. The molecule has 0 unspecified atom stereocenters. The summed E-state index contributed by atoms with van der Waals surface area (Å²) in [4.78, 5) is 22.7. The smallest absolute Gasteiger partial charge is 0.482 e. The summed E-state index contributed by atoms with van der Waals surface area (Å²) in [5, 5.41) is 0.758. The maximum atomic E-state index is 11.4. The van der Waals surface area contributed by atoms with E-state index in [1.807, 2.05) is 30.3 Å². The van der Waals surface area contributed by atoms with Crippen LogP contribution >= 0.6 is 0 Å². The molecule has 0 radical (unpaired) electrons. The van der Waals surface area contributed by atoms with Gasteiger partial charge in [0, 0.05) is 25.1 Å². The van der Waals surface area contributed by atoms with Gasteiger partial charge in [0.05, 0.1) is 0 Å². The second-order valence-corrected chi connectivity index (χ2v) is 7.19. The monoisotopic (exact) mass is 281 g/mol. The third-order valence-corrected chi connectivity index (χ3v) is 6.00. The Kier molecular flexibility index (Phi) is 5.72. The minimum absolute atomic E-state index is 0.449. The predicted octanol–water partition coefficient (Wildman–Crippen LogP) is 0.811. The molecule has 0 amide bonds. The van der Waals surface area contributed by atoms with Crippen LogP contribution in [0.25, 0.3) is 0 Å². The van der Waals surface area contributed by atoms with Crippen LogP contribution in [0.1, 0.15) is 20.3 Å². The minimum atomic E-state index is -3.10. The highest BCUT2D eigenvalue weighted by Crippen LogP contribution is 2.17. The summed E-state index contributed by atoms with van der Waals surface area (Å²) in [6.07, 6.45) is 0.627. The Bertz CT molecular complexity index is 420. The van der Waals surface area contributed by atoms with E-state index in [9.17, 15) is 9.59 Å². The van der Waals surface area contributed by atoms with E-state index in [-0.39, 0.29) is 0 Å². The fraction of sp³-hybridized carbons (Fsp3) is 0.385. The fourth-order valence-corrected chi connectivity index (χ4v) is 4.95. The number of rotatable bonds is 6. The van der Waals surface area contributed by atoms with Gasteiger partial charge in [-0.2, -0.15) is 0 Å². The van der Waals surface area contributed by atoms with Gasteiger partial charge >= 0.3 is 8.56 Å². The van der Waals surface area contributed by atoms with Crippen molar-refractivity contribution in [3.63, 3.8) is 0 Å². The number of hydrogen-bond donors (Lipinski definition) is 1. The molecule has 0 heterocycles. The van der Waals surface area contributed by atoms with Gasteiger partial charge in [-0.1, -0.05) is 30.3 Å². The van der Waals surface area contributed by atoms with Crippen LogP contribution in [0.4, 0.5) is 0 Å². The first kappa shape index (κ1) is 15.4. The molecule has 5 nitrogen and oxygen atoms in total. The molecule has 104 valence electrons. The molecule has 0 aliphatic carbocycles. The van der Waals surface area contributed by atoms with E-state index in [1.54, 1.807) is 0 Å². The van der Waals surface area contributed by atoms with Gasteiger partial charge in [-0.25, -0.2) is 0 Å². The third kappa shape index (κ3) is 4.49. The predicted molar refractivity (Wildman–Crippen MR) is 73.8 cm³/mol. The van der Waals surface area contributed by atoms with E-state index >= 15 is 0 Å². The zero-order valence-electron chi connectivity index (χ0n) is 11.2. The minimum Gasteiger partial charge on any atom is -0.482 e. The quantitative estimate of drug-likeness (QED) is 0.781. The summed E-state index contributed by atoms with van der Waals surface area (Å²) in [5.41, 5.74) is 5.52. The number of nitrogens with two attached hydrogens (primary N) is 1. The SMILES string of the molecule is CC(=O)O[Si](CCCN)(OC(C)=O)c1ccccc1. The van der Waals surface area contributed by atoms with Crippen molar-refractivity contribution >= 4 is 25.7 Å². The van der Waals surface area contributed by atoms with Gasteiger partial charge in [-0.15, -0.1) is 0 Å². The molecule has 1 aromatic rings. The molecule has 0 bridgehead atoms. The standard InChI is InChI=1S/C13H19NO4Si/c1-11(15)17-19(10-6-9-14,18-12(2)16)13-7-4-3-5-8-13/h3-5,7-8H,6,9-10,14H2,1-2H3. The molecule has 0 fully saturated rings. The first-order chi connectivity index (χ1) is 9.00. The van der Waals surface area contributed by atoms with Crippen LogP contribution in [0.5, 0.6) is 0 Å². The molecule has 0 aliphatic rings. The van der Waals surface area contributed by atoms with Crippen LogP contribution in [0.15, 0.2) is 30.3 Å². The van der Waals surface area contributed by atoms with Crippen molar-refractivity contribution < 1.29 is 18.4 Å². The van der Waals surface area contributed by atoms with Crippen molar-refractivity contribution in [1.29, 1.82) is 0 Å². The van der Waals surface area contributed by atoms with Gasteiger partial charge in [-0.3, -0.25) is 9.59 Å². The summed E-state index contributed by atoms with van der Waals surface area (Å²) >= 11 is 0. The summed E-state index contributed by atoms with van der Waals surface area (Å²) in [5.74, 6) is -0.900. The van der Waals surface area contributed by atoms with E-state index in [0.29, 0.717) is 19.0 Å². The Hall–Kier alpha value is -1.66. The van der Waals surface area contributed by atoms with E-state index in [4.69, 9.17) is 14.6 Å². The lowest BCUT2D eigenvalue weighted by atomic mass is 10.4. The Labute approximate surface area is 114 Å². The number of hydrogen-bond acceptors (Lipinski definition) is 5. The molecular weight excluding hydrogens is 262 g/mol. The van der Waals surface area contributed by atoms with Crippen LogP contribution in [-0.2, 0) is 18.4 Å². The van der Waals surface area contributed by atoms with Crippen molar-refractivity contribution in [3.05, 3.63) is 30.3 Å². The molecule has 0 atom stereocenters. The molecule has 0 aromatic heterocycles. The second-order valence-electron chi connectivity index (χ2n) is 4.20. The van der Waals surface area contributed by atoms with Crippen molar-refractivity contribution in [2.45, 2.75) is 26.3 Å². The molecule has 1 aromatic carbocycles. The maximum absolute atomic E-state index is 11.4. The molecular formula is C13H19NO4Si. The first-order valence-corrected chi connectivity index (χ1v) is 8.17. The molecule has 0 saturated heterocycles. The van der Waals surface area contributed by atoms with Gasteiger partial charge in [0.1, 0.15) is 0 Å². The van der Waals surface area contributed by atoms with Crippen LogP contribution in [-0.4, -0.2) is 27.0 Å². The van der Waals surface area contributed by atoms with Crippen molar-refractivity contribution in [2.24, 2.45) is 5.73 Å². The highest BCUT2D eigenvalue weighted by Gasteiger charge is 2.45. The second kappa shape index (κ2) is 7.06. The highest BCUT2D eigenvalue weighted by molar-refractivity contribution is 6.83. The van der Waals surface area contributed by atoms with Crippen LogP contribution in [0.3, 0.4) is 0 Å². The lowest BCUT2D eigenvalue weighted by Gasteiger charge is -2.28. The van der Waals surface area contributed by atoms with Crippen LogP contribution in [0, 0.1) is 0 Å². The summed E-state index contributed by atoms with van der Waals surface area (Å²) < 4.78 is 10.9. The van der Waals surface area contributed by atoms with Gasteiger partial charge in [0.25, 0.3) is 11.9 Å². The van der Waals surface area contributed by atoms with Gasteiger partial charge < -0.3 is 14.6 Å². The van der Waals surface area contributed by atoms with Crippen LogP contribution in [0.2, 0.25) is 6.04 Å². The molecule has 6 heteroatoms. The zero-order valence-corrected chi connectivity index (χ0v) is 12.2. The molecule has 2 N–H and O–H groups in total. The summed E-state index contributed by atoms with van der Waals surface area (Å²) in [6, 6.07) is 9.60. The Morgan fingerprint density at radius 2 is 1.63 bits per heavy atom. The first-order valence-electron chi connectivity index (χ1n) is 6.15. The topological polar surface area (TPSA) is 78.6 Å². The molecule has 0 aliphatic heterocycles. The van der Waals surface area contributed by atoms with E-state index < -0.39 is 20.5 Å². The fourth-order valence-electron chi connectivity index (χ4n) is 1.88. The average Bonchev–Trinajstić information content (AvgIpc) is 2.35. The maximum Gasteiger partial charge on any atom is 0.499 e. The molecule has 1 rings (SSSR count). The Morgan fingerprint density at radius 1 is 1.11 bits per heavy atom. The van der Waals surface area contributed by atoms with Gasteiger partial charge in [0.15, 0.2) is 0 Å². The molecule has 0 spiro atoms. The van der Waals surface area contributed by atoms with Crippen molar-refractivity contribution in [2.75, 3.05) is 6.54 Å². The zero-order chi connectivity index (χ0) is 14.3. The number of carbonyl (C=O) groups excluding carboxylic acids is 2. The number of benzene rings is 1. The molecule has 19 heavy (non-hydrogen) atoms. The van der Waals surface area contributed by atoms with Crippen LogP contribution < -0.4 is 10.9 Å². The third-order valence-electron chi connectivity index (χ3n) is 2.54. The Balaban J connectivity index is 3.16. The van der Waals surface area contributed by atoms with Crippen molar-refractivity contribution in [1.82, 2.24) is 0 Å². The lowest BCUT2D eigenvalue weighted by Crippen LogP contribution is -2.55. The highest BCUT2D eigenvalue weighted by atomic mass is 28.4. The van der Waals surface area contributed by atoms with E-state index in [2.05, 4.69) is 0 Å². The van der Waals surface area contributed by atoms with Gasteiger partial charge in [0.2, 0.25) is 0 Å². The number of carbonyl (C=O) groups is 2. The normalized spacial score (nSPS) is 10.9. The van der Waals surface area contributed by atoms with E-state index in [1.165, 1.54) is 13.8 Å². The van der Waals surface area contributed by atoms with Crippen molar-refractivity contribution in [3.8, 4) is 0 Å². The molecule has 0 saturated carbocycles.